The SMILES string of the molecule is Cc1cc(C(=O)N2CCC(N3CC(C(=O)O)CC3=O)CC2)no1. The minimum Gasteiger partial charge on any atom is -0.481 e. The van der Waals surface area contributed by atoms with E-state index < -0.39 is 11.9 Å². The summed E-state index contributed by atoms with van der Waals surface area (Å²) >= 11 is 0. The van der Waals surface area contributed by atoms with Gasteiger partial charge in [0.2, 0.25) is 5.91 Å². The van der Waals surface area contributed by atoms with Crippen molar-refractivity contribution in [2.45, 2.75) is 32.2 Å². The zero-order valence-corrected chi connectivity index (χ0v) is 12.9. The average molecular weight is 321 g/mol. The molecular weight excluding hydrogens is 302 g/mol. The molecule has 1 unspecified atom stereocenters. The van der Waals surface area contributed by atoms with Crippen LogP contribution in [0.15, 0.2) is 10.6 Å². The second-order valence-electron chi connectivity index (χ2n) is 6.13. The number of likely N-dealkylation sites (tertiary alicyclic amines) is 2. The number of aryl methyl sites for hydroxylation is 1. The summed E-state index contributed by atoms with van der Waals surface area (Å²) in [5.41, 5.74) is 0.296. The van der Waals surface area contributed by atoms with E-state index in [1.807, 2.05) is 0 Å². The Hall–Kier alpha value is -2.38. The van der Waals surface area contributed by atoms with E-state index in [-0.39, 0.29) is 30.8 Å². The first-order chi connectivity index (χ1) is 11.0. The topological polar surface area (TPSA) is 104 Å². The quantitative estimate of drug-likeness (QED) is 0.870. The molecule has 8 heteroatoms. The number of piperidine rings is 1. The maximum Gasteiger partial charge on any atom is 0.308 e. The Balaban J connectivity index is 1.57. The Morgan fingerprint density at radius 1 is 1.35 bits per heavy atom. The van der Waals surface area contributed by atoms with Crippen LogP contribution in [-0.2, 0) is 9.59 Å². The zero-order valence-electron chi connectivity index (χ0n) is 12.9. The van der Waals surface area contributed by atoms with Gasteiger partial charge in [-0.25, -0.2) is 0 Å². The van der Waals surface area contributed by atoms with Gasteiger partial charge in [0, 0.05) is 38.2 Å². The highest BCUT2D eigenvalue weighted by Crippen LogP contribution is 2.26. The van der Waals surface area contributed by atoms with E-state index in [1.54, 1.807) is 22.8 Å². The normalized spacial score (nSPS) is 22.7. The number of amides is 2. The second kappa shape index (κ2) is 6.02. The Morgan fingerprint density at radius 2 is 2.04 bits per heavy atom. The van der Waals surface area contributed by atoms with Crippen molar-refractivity contribution in [2.24, 2.45) is 5.92 Å². The van der Waals surface area contributed by atoms with E-state index in [2.05, 4.69) is 5.16 Å². The van der Waals surface area contributed by atoms with Crippen molar-refractivity contribution in [3.8, 4) is 0 Å². The first kappa shape index (κ1) is 15.5. The first-order valence-corrected chi connectivity index (χ1v) is 7.70. The van der Waals surface area contributed by atoms with Gasteiger partial charge >= 0.3 is 5.97 Å². The van der Waals surface area contributed by atoms with Crippen molar-refractivity contribution in [1.29, 1.82) is 0 Å². The van der Waals surface area contributed by atoms with Crippen molar-refractivity contribution in [2.75, 3.05) is 19.6 Å². The van der Waals surface area contributed by atoms with Crippen LogP contribution in [0.2, 0.25) is 0 Å². The summed E-state index contributed by atoms with van der Waals surface area (Å²) in [4.78, 5) is 38.7. The van der Waals surface area contributed by atoms with Crippen LogP contribution >= 0.6 is 0 Å². The van der Waals surface area contributed by atoms with Crippen LogP contribution in [-0.4, -0.2) is 63.5 Å². The van der Waals surface area contributed by atoms with Crippen molar-refractivity contribution < 1.29 is 24.0 Å². The van der Waals surface area contributed by atoms with E-state index in [9.17, 15) is 14.4 Å². The molecule has 2 amide bonds. The van der Waals surface area contributed by atoms with Gasteiger partial charge in [-0.15, -0.1) is 0 Å². The maximum absolute atomic E-state index is 12.3. The summed E-state index contributed by atoms with van der Waals surface area (Å²) < 4.78 is 4.92. The van der Waals surface area contributed by atoms with E-state index in [0.29, 0.717) is 37.4 Å². The highest BCUT2D eigenvalue weighted by molar-refractivity contribution is 5.92. The lowest BCUT2D eigenvalue weighted by atomic mass is 10.0. The molecule has 1 aromatic rings. The Bertz CT molecular complexity index is 633. The summed E-state index contributed by atoms with van der Waals surface area (Å²) in [7, 11) is 0. The van der Waals surface area contributed by atoms with E-state index in [0.717, 1.165) is 0 Å². The van der Waals surface area contributed by atoms with E-state index in [1.165, 1.54) is 0 Å². The predicted octanol–water partition coefficient (Wildman–Crippen LogP) is 0.521. The number of hydrogen-bond acceptors (Lipinski definition) is 5. The predicted molar refractivity (Wildman–Crippen MR) is 77.6 cm³/mol. The molecule has 2 fully saturated rings. The Morgan fingerprint density at radius 3 is 2.57 bits per heavy atom. The van der Waals surface area contributed by atoms with Gasteiger partial charge in [-0.05, 0) is 19.8 Å². The summed E-state index contributed by atoms with van der Waals surface area (Å²) in [6, 6.07) is 1.62. The second-order valence-corrected chi connectivity index (χ2v) is 6.13. The molecule has 0 spiro atoms. The lowest BCUT2D eigenvalue weighted by molar-refractivity contribution is -0.141. The molecule has 0 aromatic carbocycles. The molecule has 1 atom stereocenters. The number of carbonyl (C=O) groups is 3. The van der Waals surface area contributed by atoms with Crippen LogP contribution in [0.25, 0.3) is 0 Å². The molecule has 0 bridgehead atoms. The van der Waals surface area contributed by atoms with E-state index >= 15 is 0 Å². The fraction of sp³-hybridized carbons (Fsp3) is 0.600. The van der Waals surface area contributed by atoms with Gasteiger partial charge in [0.15, 0.2) is 5.69 Å². The van der Waals surface area contributed by atoms with Gasteiger partial charge < -0.3 is 19.4 Å². The van der Waals surface area contributed by atoms with Crippen molar-refractivity contribution >= 4 is 17.8 Å². The van der Waals surface area contributed by atoms with Gasteiger partial charge in [-0.3, -0.25) is 14.4 Å². The van der Waals surface area contributed by atoms with Gasteiger partial charge in [-0.1, -0.05) is 5.16 Å². The number of carbonyl (C=O) groups excluding carboxylic acids is 2. The smallest absolute Gasteiger partial charge is 0.308 e. The van der Waals surface area contributed by atoms with Crippen LogP contribution in [0.3, 0.4) is 0 Å². The van der Waals surface area contributed by atoms with Crippen molar-refractivity contribution in [3.63, 3.8) is 0 Å². The molecule has 1 aromatic heterocycles. The number of aromatic nitrogens is 1. The summed E-state index contributed by atoms with van der Waals surface area (Å²) in [5, 5.41) is 12.8. The lowest BCUT2D eigenvalue weighted by Gasteiger charge is -2.36. The van der Waals surface area contributed by atoms with Crippen LogP contribution in [0.5, 0.6) is 0 Å². The summed E-state index contributed by atoms with van der Waals surface area (Å²) in [6.07, 6.45) is 1.38. The first-order valence-electron chi connectivity index (χ1n) is 7.70. The molecule has 0 radical (unpaired) electrons. The molecule has 0 saturated carbocycles. The molecule has 8 nitrogen and oxygen atoms in total. The maximum atomic E-state index is 12.3. The fourth-order valence-corrected chi connectivity index (χ4v) is 3.26. The number of hydrogen-bond donors (Lipinski definition) is 1. The third-order valence-electron chi connectivity index (χ3n) is 4.55. The minimum atomic E-state index is -0.921. The van der Waals surface area contributed by atoms with Crippen LogP contribution < -0.4 is 0 Å². The lowest BCUT2D eigenvalue weighted by Crippen LogP contribution is -2.47. The molecule has 3 rings (SSSR count). The van der Waals surface area contributed by atoms with Crippen LogP contribution in [0.4, 0.5) is 0 Å². The minimum absolute atomic E-state index is 0.00921. The standard InChI is InChI=1S/C15H19N3O5/c1-9-6-12(16-23-9)14(20)17-4-2-11(3-5-17)18-8-10(15(21)22)7-13(18)19/h6,10-11H,2-5,7-8H2,1H3,(H,21,22). The molecule has 23 heavy (non-hydrogen) atoms. The van der Waals surface area contributed by atoms with Gasteiger partial charge in [-0.2, -0.15) is 0 Å². The number of rotatable bonds is 3. The molecule has 1 N–H and O–H groups in total. The van der Waals surface area contributed by atoms with E-state index in [4.69, 9.17) is 9.63 Å². The van der Waals surface area contributed by atoms with Gasteiger partial charge in [0.1, 0.15) is 5.76 Å². The molecule has 124 valence electrons. The van der Waals surface area contributed by atoms with Crippen molar-refractivity contribution in [3.05, 3.63) is 17.5 Å². The Kier molecular flexibility index (Phi) is 4.06. The molecule has 3 heterocycles. The third kappa shape index (κ3) is 3.06. The van der Waals surface area contributed by atoms with Gasteiger partial charge in [0.25, 0.3) is 5.91 Å². The fourth-order valence-electron chi connectivity index (χ4n) is 3.26. The highest BCUT2D eigenvalue weighted by Gasteiger charge is 2.39. The molecule has 2 saturated heterocycles. The molecule has 0 aliphatic carbocycles. The van der Waals surface area contributed by atoms with Crippen LogP contribution in [0.1, 0.15) is 35.5 Å². The molecule has 2 aliphatic rings. The van der Waals surface area contributed by atoms with Crippen molar-refractivity contribution in [1.82, 2.24) is 15.0 Å². The average Bonchev–Trinajstić information content (AvgIpc) is 3.13. The zero-order chi connectivity index (χ0) is 16.6. The number of carboxylic acid groups (broad SMARTS) is 1. The van der Waals surface area contributed by atoms with Gasteiger partial charge in [0.05, 0.1) is 5.92 Å². The third-order valence-corrected chi connectivity index (χ3v) is 4.55. The number of nitrogens with zero attached hydrogens (tertiary/aromatic N) is 3. The highest BCUT2D eigenvalue weighted by atomic mass is 16.5. The largest absolute Gasteiger partial charge is 0.481 e. The number of aliphatic carboxylic acids is 1. The summed E-state index contributed by atoms with van der Waals surface area (Å²) in [5.74, 6) is -1.22. The Labute approximate surface area is 133 Å². The molecular formula is C15H19N3O5. The summed E-state index contributed by atoms with van der Waals surface area (Å²) in [6.45, 7) is 3.05. The van der Waals surface area contributed by atoms with Crippen LogP contribution in [0, 0.1) is 12.8 Å². The monoisotopic (exact) mass is 321 g/mol. The molecule has 2 aliphatic heterocycles. The number of carboxylic acids is 1.